The number of hydrogen-bond donors (Lipinski definition) is 1. The van der Waals surface area contributed by atoms with Gasteiger partial charge in [0.15, 0.2) is 0 Å². The van der Waals surface area contributed by atoms with Gasteiger partial charge < -0.3 is 14.7 Å². The van der Waals surface area contributed by atoms with Crippen LogP contribution in [0.5, 0.6) is 0 Å². The molecule has 6 heteroatoms. The van der Waals surface area contributed by atoms with Crippen molar-refractivity contribution in [3.63, 3.8) is 0 Å². The summed E-state index contributed by atoms with van der Waals surface area (Å²) in [4.78, 5) is 27.0. The first kappa shape index (κ1) is 12.0. The lowest BCUT2D eigenvalue weighted by Gasteiger charge is -2.15. The Morgan fingerprint density at radius 2 is 2.19 bits per heavy atom. The van der Waals surface area contributed by atoms with Gasteiger partial charge in [-0.15, -0.1) is 0 Å². The zero-order valence-electron chi connectivity index (χ0n) is 9.01. The monoisotopic (exact) mass is 224 g/mol. The third kappa shape index (κ3) is 2.94. The van der Waals surface area contributed by atoms with E-state index < -0.39 is 11.9 Å². The Morgan fingerprint density at radius 1 is 1.50 bits per heavy atom. The molecule has 0 spiro atoms. The van der Waals surface area contributed by atoms with Crippen molar-refractivity contribution < 1.29 is 19.4 Å². The summed E-state index contributed by atoms with van der Waals surface area (Å²) < 4.78 is 4.51. The van der Waals surface area contributed by atoms with Crippen LogP contribution in [0, 0.1) is 0 Å². The number of carboxylic acids is 1. The van der Waals surface area contributed by atoms with Crippen molar-refractivity contribution in [1.82, 2.24) is 4.98 Å². The van der Waals surface area contributed by atoms with Crippen molar-refractivity contribution >= 4 is 17.8 Å². The van der Waals surface area contributed by atoms with Crippen molar-refractivity contribution in [2.24, 2.45) is 0 Å². The van der Waals surface area contributed by atoms with E-state index in [9.17, 15) is 9.59 Å². The normalized spacial score (nSPS) is 9.62. The summed E-state index contributed by atoms with van der Waals surface area (Å²) in [6.45, 7) is -0.148. The lowest BCUT2D eigenvalue weighted by atomic mass is 10.3. The highest BCUT2D eigenvalue weighted by Crippen LogP contribution is 2.09. The van der Waals surface area contributed by atoms with E-state index in [1.165, 1.54) is 24.3 Å². The molecule has 0 unspecified atom stereocenters. The molecule has 0 bridgehead atoms. The van der Waals surface area contributed by atoms with Crippen LogP contribution >= 0.6 is 0 Å². The van der Waals surface area contributed by atoms with Crippen LogP contribution in [0.2, 0.25) is 0 Å². The van der Waals surface area contributed by atoms with Crippen molar-refractivity contribution in [2.45, 2.75) is 0 Å². The molecular formula is C10H12N2O4. The number of aliphatic carboxylic acids is 1. The summed E-state index contributed by atoms with van der Waals surface area (Å²) in [5.74, 6) is -0.934. The second kappa shape index (κ2) is 5.11. The van der Waals surface area contributed by atoms with Crippen LogP contribution in [0.1, 0.15) is 10.4 Å². The van der Waals surface area contributed by atoms with Gasteiger partial charge in [0.05, 0.1) is 12.7 Å². The SMILES string of the molecule is COC(=O)c1ccc(N(C)CC(=O)O)nc1. The molecular weight excluding hydrogens is 212 g/mol. The zero-order valence-corrected chi connectivity index (χ0v) is 9.01. The van der Waals surface area contributed by atoms with Crippen LogP contribution in [0.3, 0.4) is 0 Å². The Bertz CT molecular complexity index is 388. The molecule has 86 valence electrons. The van der Waals surface area contributed by atoms with E-state index in [0.29, 0.717) is 11.4 Å². The van der Waals surface area contributed by atoms with Crippen molar-refractivity contribution in [1.29, 1.82) is 0 Å². The van der Waals surface area contributed by atoms with E-state index in [1.54, 1.807) is 13.1 Å². The highest BCUT2D eigenvalue weighted by molar-refractivity contribution is 5.89. The molecule has 0 saturated heterocycles. The average Bonchev–Trinajstić information content (AvgIpc) is 2.27. The van der Waals surface area contributed by atoms with Crippen LogP contribution in [0.15, 0.2) is 18.3 Å². The number of nitrogens with zero attached hydrogens (tertiary/aromatic N) is 2. The number of carbonyl (C=O) groups excluding carboxylic acids is 1. The van der Waals surface area contributed by atoms with Gasteiger partial charge in [0.25, 0.3) is 0 Å². The molecule has 0 aliphatic carbocycles. The molecule has 0 saturated carbocycles. The number of rotatable bonds is 4. The van der Waals surface area contributed by atoms with Gasteiger partial charge >= 0.3 is 11.9 Å². The topological polar surface area (TPSA) is 79.7 Å². The predicted molar refractivity (Wildman–Crippen MR) is 56.5 cm³/mol. The number of methoxy groups -OCH3 is 1. The summed E-state index contributed by atoms with van der Waals surface area (Å²) in [6, 6.07) is 3.10. The fourth-order valence-corrected chi connectivity index (χ4v) is 1.13. The molecule has 1 aromatic rings. The van der Waals surface area contributed by atoms with Gasteiger partial charge in [-0.3, -0.25) is 4.79 Å². The zero-order chi connectivity index (χ0) is 12.1. The van der Waals surface area contributed by atoms with E-state index in [1.807, 2.05) is 0 Å². The largest absolute Gasteiger partial charge is 0.480 e. The number of aromatic nitrogens is 1. The summed E-state index contributed by atoms with van der Waals surface area (Å²) in [5.41, 5.74) is 0.329. The molecule has 0 radical (unpaired) electrons. The van der Waals surface area contributed by atoms with Crippen molar-refractivity contribution in [2.75, 3.05) is 25.6 Å². The summed E-state index contributed by atoms with van der Waals surface area (Å²) in [5, 5.41) is 8.58. The minimum Gasteiger partial charge on any atom is -0.480 e. The maximum Gasteiger partial charge on any atom is 0.339 e. The number of pyridine rings is 1. The first-order valence-corrected chi connectivity index (χ1v) is 4.52. The fourth-order valence-electron chi connectivity index (χ4n) is 1.13. The van der Waals surface area contributed by atoms with Crippen LogP contribution < -0.4 is 4.90 Å². The summed E-state index contributed by atoms with van der Waals surface area (Å²) in [7, 11) is 2.89. The van der Waals surface area contributed by atoms with Crippen molar-refractivity contribution in [3.05, 3.63) is 23.9 Å². The van der Waals surface area contributed by atoms with Crippen LogP contribution in [0.4, 0.5) is 5.82 Å². The van der Waals surface area contributed by atoms with E-state index >= 15 is 0 Å². The highest BCUT2D eigenvalue weighted by Gasteiger charge is 2.09. The molecule has 1 heterocycles. The van der Waals surface area contributed by atoms with E-state index in [2.05, 4.69) is 9.72 Å². The van der Waals surface area contributed by atoms with Crippen molar-refractivity contribution in [3.8, 4) is 0 Å². The lowest BCUT2D eigenvalue weighted by Crippen LogP contribution is -2.25. The maximum atomic E-state index is 11.1. The number of hydrogen-bond acceptors (Lipinski definition) is 5. The number of ether oxygens (including phenoxy) is 1. The third-order valence-electron chi connectivity index (χ3n) is 1.93. The van der Waals surface area contributed by atoms with E-state index in [-0.39, 0.29) is 6.54 Å². The highest BCUT2D eigenvalue weighted by atomic mass is 16.5. The number of carbonyl (C=O) groups is 2. The molecule has 0 amide bonds. The number of likely N-dealkylation sites (N-methyl/N-ethyl adjacent to an activating group) is 1. The maximum absolute atomic E-state index is 11.1. The smallest absolute Gasteiger partial charge is 0.339 e. The standard InChI is InChI=1S/C10H12N2O4/c1-12(6-9(13)14)8-4-3-7(5-11-8)10(15)16-2/h3-5H,6H2,1-2H3,(H,13,14). The number of esters is 1. The van der Waals surface area contributed by atoms with Crippen LogP contribution in [-0.4, -0.2) is 42.7 Å². The van der Waals surface area contributed by atoms with Crippen LogP contribution in [-0.2, 0) is 9.53 Å². The molecule has 16 heavy (non-hydrogen) atoms. The minimum absolute atomic E-state index is 0.148. The van der Waals surface area contributed by atoms with Gasteiger partial charge in [0.1, 0.15) is 12.4 Å². The van der Waals surface area contributed by atoms with Crippen LogP contribution in [0.25, 0.3) is 0 Å². The predicted octanol–water partition coefficient (Wildman–Crippen LogP) is 0.389. The molecule has 6 nitrogen and oxygen atoms in total. The molecule has 0 atom stereocenters. The minimum atomic E-state index is -0.943. The first-order valence-electron chi connectivity index (χ1n) is 4.52. The van der Waals surface area contributed by atoms with Gasteiger partial charge in [0.2, 0.25) is 0 Å². The first-order chi connectivity index (χ1) is 7.54. The Morgan fingerprint density at radius 3 is 2.62 bits per heavy atom. The molecule has 0 fully saturated rings. The fraction of sp³-hybridized carbons (Fsp3) is 0.300. The summed E-state index contributed by atoms with van der Waals surface area (Å²) in [6.07, 6.45) is 1.35. The molecule has 1 N–H and O–H groups in total. The molecule has 1 aromatic heterocycles. The molecule has 0 aliphatic heterocycles. The third-order valence-corrected chi connectivity index (χ3v) is 1.93. The Hall–Kier alpha value is -2.11. The molecule has 1 rings (SSSR count). The van der Waals surface area contributed by atoms with Gasteiger partial charge in [-0.1, -0.05) is 0 Å². The van der Waals surface area contributed by atoms with Gasteiger partial charge in [-0.05, 0) is 12.1 Å². The van der Waals surface area contributed by atoms with Gasteiger partial charge in [-0.25, -0.2) is 9.78 Å². The Balaban J connectivity index is 2.78. The quantitative estimate of drug-likeness (QED) is 0.745. The Labute approximate surface area is 92.5 Å². The average molecular weight is 224 g/mol. The summed E-state index contributed by atoms with van der Waals surface area (Å²) >= 11 is 0. The number of carboxylic acid groups (broad SMARTS) is 1. The second-order valence-electron chi connectivity index (χ2n) is 3.15. The van der Waals surface area contributed by atoms with E-state index in [0.717, 1.165) is 0 Å². The van der Waals surface area contributed by atoms with E-state index in [4.69, 9.17) is 5.11 Å². The lowest BCUT2D eigenvalue weighted by molar-refractivity contribution is -0.135. The second-order valence-corrected chi connectivity index (χ2v) is 3.15. The van der Waals surface area contributed by atoms with Gasteiger partial charge in [0, 0.05) is 13.2 Å². The van der Waals surface area contributed by atoms with Gasteiger partial charge in [-0.2, -0.15) is 0 Å². The molecule has 0 aliphatic rings. The number of anilines is 1. The molecule has 0 aromatic carbocycles. The Kier molecular flexibility index (Phi) is 3.82.